The van der Waals surface area contributed by atoms with Crippen molar-refractivity contribution in [1.82, 2.24) is 0 Å². The molecule has 1 aromatic carbocycles. The maximum Gasteiger partial charge on any atom is 0.342 e. The van der Waals surface area contributed by atoms with Gasteiger partial charge in [0.1, 0.15) is 17.1 Å². The van der Waals surface area contributed by atoms with E-state index in [4.69, 9.17) is 20.8 Å². The summed E-state index contributed by atoms with van der Waals surface area (Å²) in [6.45, 7) is 4.96. The second-order valence-electron chi connectivity index (χ2n) is 4.75. The van der Waals surface area contributed by atoms with Crippen molar-refractivity contribution in [3.8, 4) is 0 Å². The van der Waals surface area contributed by atoms with Gasteiger partial charge in [0, 0.05) is 10.6 Å². The first kappa shape index (κ1) is 15.3. The summed E-state index contributed by atoms with van der Waals surface area (Å²) < 4.78 is 10.5. The first-order valence-electron chi connectivity index (χ1n) is 6.46. The number of ketones is 1. The molecule has 1 atom stereocenters. The molecule has 0 fully saturated rings. The molecule has 5 heteroatoms. The molecule has 0 N–H and O–H groups in total. The van der Waals surface area contributed by atoms with E-state index in [1.165, 1.54) is 6.92 Å². The summed E-state index contributed by atoms with van der Waals surface area (Å²) in [5, 5.41) is 0.542. The highest BCUT2D eigenvalue weighted by atomic mass is 35.5. The molecule has 0 saturated heterocycles. The number of furan rings is 1. The van der Waals surface area contributed by atoms with Gasteiger partial charge in [-0.05, 0) is 51.1 Å². The van der Waals surface area contributed by atoms with Gasteiger partial charge in [-0.3, -0.25) is 4.79 Å². The van der Waals surface area contributed by atoms with E-state index < -0.39 is 12.1 Å². The second-order valence-corrected chi connectivity index (χ2v) is 5.18. The minimum absolute atomic E-state index is 0.280. The van der Waals surface area contributed by atoms with Crippen LogP contribution in [-0.2, 0) is 4.74 Å². The molecule has 21 heavy (non-hydrogen) atoms. The van der Waals surface area contributed by atoms with E-state index in [0.717, 1.165) is 0 Å². The van der Waals surface area contributed by atoms with Gasteiger partial charge >= 0.3 is 5.97 Å². The number of rotatable bonds is 4. The van der Waals surface area contributed by atoms with Crippen LogP contribution in [0.1, 0.15) is 39.2 Å². The van der Waals surface area contributed by atoms with Crippen molar-refractivity contribution in [2.45, 2.75) is 26.9 Å². The van der Waals surface area contributed by atoms with Crippen LogP contribution in [-0.4, -0.2) is 17.9 Å². The predicted octanol–water partition coefficient (Wildman–Crippen LogP) is 3.98. The van der Waals surface area contributed by atoms with Crippen LogP contribution in [0.4, 0.5) is 0 Å². The molecule has 0 spiro atoms. The number of halogens is 1. The molecule has 1 heterocycles. The Bertz CT molecular complexity index is 670. The lowest BCUT2D eigenvalue weighted by Crippen LogP contribution is -2.24. The molecule has 0 aliphatic rings. The van der Waals surface area contributed by atoms with Gasteiger partial charge in [-0.1, -0.05) is 11.6 Å². The third-order valence-electron chi connectivity index (χ3n) is 3.04. The Kier molecular flexibility index (Phi) is 4.48. The Hall–Kier alpha value is -2.07. The SMILES string of the molecule is Cc1cc(C(=O)O[C@H](C)C(=O)c2ccc(Cl)cc2)c(C)o1. The highest BCUT2D eigenvalue weighted by Gasteiger charge is 2.22. The maximum atomic E-state index is 12.2. The third kappa shape index (κ3) is 3.52. The zero-order valence-electron chi connectivity index (χ0n) is 12.0. The van der Waals surface area contributed by atoms with Crippen molar-refractivity contribution >= 4 is 23.4 Å². The molecule has 0 radical (unpaired) electrons. The van der Waals surface area contributed by atoms with Crippen LogP contribution in [0, 0.1) is 13.8 Å². The zero-order valence-corrected chi connectivity index (χ0v) is 12.7. The van der Waals surface area contributed by atoms with Gasteiger partial charge in [-0.25, -0.2) is 4.79 Å². The molecule has 0 saturated carbocycles. The molecule has 0 unspecified atom stereocenters. The van der Waals surface area contributed by atoms with Gasteiger partial charge in [0.05, 0.1) is 0 Å². The Labute approximate surface area is 127 Å². The first-order chi connectivity index (χ1) is 9.88. The number of ether oxygens (including phenoxy) is 1. The molecule has 0 aliphatic heterocycles. The molecule has 0 aliphatic carbocycles. The second kappa shape index (κ2) is 6.14. The average Bonchev–Trinajstić information content (AvgIpc) is 2.77. The number of esters is 1. The standard InChI is InChI=1S/C16H15ClO4/c1-9-8-14(10(2)20-9)16(19)21-11(3)15(18)12-4-6-13(17)7-5-12/h4-8,11H,1-3H3/t11-/m1/s1. The molecule has 0 amide bonds. The van der Waals surface area contributed by atoms with Crippen LogP contribution in [0.25, 0.3) is 0 Å². The molecule has 0 bridgehead atoms. The summed E-state index contributed by atoms with van der Waals surface area (Å²) in [4.78, 5) is 24.2. The number of aryl methyl sites for hydroxylation is 2. The van der Waals surface area contributed by atoms with Crippen molar-refractivity contribution in [2.24, 2.45) is 0 Å². The van der Waals surface area contributed by atoms with Crippen molar-refractivity contribution in [2.75, 3.05) is 0 Å². The topological polar surface area (TPSA) is 56.5 Å². The highest BCUT2D eigenvalue weighted by molar-refractivity contribution is 6.30. The number of carbonyl (C=O) groups excluding carboxylic acids is 2. The minimum atomic E-state index is -0.881. The maximum absolute atomic E-state index is 12.2. The lowest BCUT2D eigenvalue weighted by Gasteiger charge is -2.12. The average molecular weight is 307 g/mol. The summed E-state index contributed by atoms with van der Waals surface area (Å²) in [5.74, 6) is 0.247. The van der Waals surface area contributed by atoms with Gasteiger partial charge in [0.2, 0.25) is 5.78 Å². The quantitative estimate of drug-likeness (QED) is 0.633. The van der Waals surface area contributed by atoms with Crippen molar-refractivity contribution in [3.05, 3.63) is 58.0 Å². The Balaban J connectivity index is 2.08. The van der Waals surface area contributed by atoms with E-state index in [1.54, 1.807) is 44.2 Å². The molecule has 2 aromatic rings. The van der Waals surface area contributed by atoms with Crippen molar-refractivity contribution in [3.63, 3.8) is 0 Å². The van der Waals surface area contributed by atoms with Gasteiger partial charge < -0.3 is 9.15 Å². The highest BCUT2D eigenvalue weighted by Crippen LogP contribution is 2.17. The van der Waals surface area contributed by atoms with Gasteiger partial charge in [-0.2, -0.15) is 0 Å². The fraction of sp³-hybridized carbons (Fsp3) is 0.250. The van der Waals surface area contributed by atoms with Crippen LogP contribution < -0.4 is 0 Å². The van der Waals surface area contributed by atoms with E-state index in [2.05, 4.69) is 0 Å². The van der Waals surface area contributed by atoms with Gasteiger partial charge in [0.15, 0.2) is 6.10 Å². The number of carbonyl (C=O) groups is 2. The van der Waals surface area contributed by atoms with Crippen molar-refractivity contribution < 1.29 is 18.7 Å². The van der Waals surface area contributed by atoms with E-state index in [1.807, 2.05) is 0 Å². The van der Waals surface area contributed by atoms with Crippen LogP contribution in [0.3, 0.4) is 0 Å². The monoisotopic (exact) mass is 306 g/mol. The summed E-state index contributed by atoms with van der Waals surface area (Å²) in [6, 6.07) is 8.03. The summed E-state index contributed by atoms with van der Waals surface area (Å²) in [7, 11) is 0. The molecule has 2 rings (SSSR count). The third-order valence-corrected chi connectivity index (χ3v) is 3.29. The Morgan fingerprint density at radius 2 is 1.81 bits per heavy atom. The van der Waals surface area contributed by atoms with Gasteiger partial charge in [-0.15, -0.1) is 0 Å². The largest absolute Gasteiger partial charge is 0.466 e. The minimum Gasteiger partial charge on any atom is -0.466 e. The number of benzene rings is 1. The summed E-state index contributed by atoms with van der Waals surface area (Å²) >= 11 is 5.77. The van der Waals surface area contributed by atoms with Crippen LogP contribution in [0.5, 0.6) is 0 Å². The summed E-state index contributed by atoms with van der Waals surface area (Å²) in [5.41, 5.74) is 0.781. The molecule has 4 nitrogen and oxygen atoms in total. The van der Waals surface area contributed by atoms with Gasteiger partial charge in [0.25, 0.3) is 0 Å². The fourth-order valence-electron chi connectivity index (χ4n) is 1.96. The van der Waals surface area contributed by atoms with Crippen LogP contribution in [0.2, 0.25) is 5.02 Å². The number of hydrogen-bond donors (Lipinski definition) is 0. The normalized spacial score (nSPS) is 12.0. The Morgan fingerprint density at radius 3 is 2.33 bits per heavy atom. The zero-order chi connectivity index (χ0) is 15.6. The first-order valence-corrected chi connectivity index (χ1v) is 6.84. The van der Waals surface area contributed by atoms with E-state index >= 15 is 0 Å². The predicted molar refractivity (Wildman–Crippen MR) is 78.8 cm³/mol. The smallest absolute Gasteiger partial charge is 0.342 e. The Morgan fingerprint density at radius 1 is 1.19 bits per heavy atom. The van der Waals surface area contributed by atoms with E-state index in [0.29, 0.717) is 27.7 Å². The number of hydrogen-bond acceptors (Lipinski definition) is 4. The summed E-state index contributed by atoms with van der Waals surface area (Å²) in [6.07, 6.45) is -0.881. The van der Waals surface area contributed by atoms with Crippen LogP contribution >= 0.6 is 11.6 Å². The molecular formula is C16H15ClO4. The number of Topliss-reactive ketones (excluding diaryl/α,β-unsaturated/α-hetero) is 1. The lowest BCUT2D eigenvalue weighted by atomic mass is 10.1. The molecular weight excluding hydrogens is 292 g/mol. The fourth-order valence-corrected chi connectivity index (χ4v) is 2.09. The molecule has 110 valence electrons. The van der Waals surface area contributed by atoms with Crippen LogP contribution in [0.15, 0.2) is 34.7 Å². The van der Waals surface area contributed by atoms with Crippen molar-refractivity contribution in [1.29, 1.82) is 0 Å². The lowest BCUT2D eigenvalue weighted by molar-refractivity contribution is 0.0317. The van der Waals surface area contributed by atoms with E-state index in [9.17, 15) is 9.59 Å². The molecule has 1 aromatic heterocycles. The van der Waals surface area contributed by atoms with E-state index in [-0.39, 0.29) is 5.78 Å².